The van der Waals surface area contributed by atoms with Gasteiger partial charge in [0.25, 0.3) is 5.91 Å². The second-order valence-electron chi connectivity index (χ2n) is 5.50. The molecule has 7 heteroatoms. The summed E-state index contributed by atoms with van der Waals surface area (Å²) in [6, 6.07) is 14.2. The van der Waals surface area contributed by atoms with Crippen LogP contribution in [0.4, 0.5) is 5.69 Å². The summed E-state index contributed by atoms with van der Waals surface area (Å²) < 4.78 is 5.90. The van der Waals surface area contributed by atoms with Crippen LogP contribution in [0.1, 0.15) is 15.9 Å². The third-order valence-corrected chi connectivity index (χ3v) is 4.45. The number of amides is 2. The van der Waals surface area contributed by atoms with Crippen molar-refractivity contribution in [3.8, 4) is 0 Å². The molecule has 0 bridgehead atoms. The van der Waals surface area contributed by atoms with E-state index >= 15 is 0 Å². The van der Waals surface area contributed by atoms with Gasteiger partial charge in [0, 0.05) is 10.9 Å². The molecule has 1 aliphatic heterocycles. The summed E-state index contributed by atoms with van der Waals surface area (Å²) in [6.07, 6.45) is -0.641. The number of hydrogen-bond acceptors (Lipinski definition) is 4. The average Bonchev–Trinajstić information content (AvgIpc) is 2.61. The predicted molar refractivity (Wildman–Crippen MR) is 95.1 cm³/mol. The predicted octanol–water partition coefficient (Wildman–Crippen LogP) is 2.29. The van der Waals surface area contributed by atoms with Gasteiger partial charge in [0.05, 0.1) is 17.8 Å². The van der Waals surface area contributed by atoms with Gasteiger partial charge in [0.1, 0.15) is 0 Å². The lowest BCUT2D eigenvalue weighted by atomic mass is 9.98. The molecule has 2 aromatic rings. The minimum Gasteiger partial charge on any atom is -0.448 e. The Hall–Kier alpha value is -2.67. The first-order chi connectivity index (χ1) is 12.0. The van der Waals surface area contributed by atoms with Crippen molar-refractivity contribution in [2.24, 2.45) is 0 Å². The third kappa shape index (κ3) is 4.06. The summed E-state index contributed by atoms with van der Waals surface area (Å²) in [7, 11) is 0. The number of cyclic esters (lactones) is 1. The topological polar surface area (TPSA) is 84.5 Å². The van der Waals surface area contributed by atoms with Crippen molar-refractivity contribution >= 4 is 39.4 Å². The Morgan fingerprint density at radius 1 is 1.12 bits per heavy atom. The number of hydrogen-bond donors (Lipinski definition) is 2. The second-order valence-corrected chi connectivity index (χ2v) is 6.36. The van der Waals surface area contributed by atoms with Crippen LogP contribution in [0.2, 0.25) is 0 Å². The van der Waals surface area contributed by atoms with E-state index in [0.717, 1.165) is 10.0 Å². The van der Waals surface area contributed by atoms with Crippen molar-refractivity contribution in [1.29, 1.82) is 0 Å². The van der Waals surface area contributed by atoms with Crippen LogP contribution in [0.5, 0.6) is 0 Å². The van der Waals surface area contributed by atoms with Gasteiger partial charge < -0.3 is 15.4 Å². The van der Waals surface area contributed by atoms with E-state index in [1.807, 2.05) is 6.07 Å². The first-order valence-corrected chi connectivity index (χ1v) is 8.45. The van der Waals surface area contributed by atoms with Crippen LogP contribution in [0.25, 0.3) is 0 Å². The van der Waals surface area contributed by atoms with Gasteiger partial charge in [-0.25, -0.2) is 4.79 Å². The standard InChI is InChI=1S/C18H15BrN2O4/c19-13-7-3-4-8-14(13)21-16(22)10-20-17(23)15-9-11-5-1-2-6-12(11)18(24)25-15/h1-8,15H,9-10H2,(H,20,23)(H,21,22). The van der Waals surface area contributed by atoms with Gasteiger partial charge in [-0.3, -0.25) is 9.59 Å². The first kappa shape index (κ1) is 17.2. The van der Waals surface area contributed by atoms with Crippen molar-refractivity contribution in [2.45, 2.75) is 12.5 Å². The van der Waals surface area contributed by atoms with Crippen molar-refractivity contribution in [1.82, 2.24) is 5.32 Å². The van der Waals surface area contributed by atoms with Gasteiger partial charge in [-0.1, -0.05) is 30.3 Å². The lowest BCUT2D eigenvalue weighted by Gasteiger charge is -2.23. The molecule has 2 aromatic carbocycles. The van der Waals surface area contributed by atoms with Crippen LogP contribution in [0, 0.1) is 0 Å². The van der Waals surface area contributed by atoms with Crippen LogP contribution < -0.4 is 10.6 Å². The molecule has 1 unspecified atom stereocenters. The number of benzene rings is 2. The molecule has 1 atom stereocenters. The lowest BCUT2D eigenvalue weighted by molar-refractivity contribution is -0.131. The SMILES string of the molecule is O=C(CNC(=O)C1Cc2ccccc2C(=O)O1)Nc1ccccc1Br. The Morgan fingerprint density at radius 2 is 1.84 bits per heavy atom. The molecule has 1 heterocycles. The van der Waals surface area contributed by atoms with Crippen molar-refractivity contribution < 1.29 is 19.1 Å². The summed E-state index contributed by atoms with van der Waals surface area (Å²) in [5.41, 5.74) is 1.84. The summed E-state index contributed by atoms with van der Waals surface area (Å²) in [5, 5.41) is 5.18. The van der Waals surface area contributed by atoms with E-state index in [9.17, 15) is 14.4 Å². The molecule has 128 valence electrons. The Bertz CT molecular complexity index is 837. The molecular formula is C18H15BrN2O4. The summed E-state index contributed by atoms with van der Waals surface area (Å²) in [6.45, 7) is -0.212. The lowest BCUT2D eigenvalue weighted by Crippen LogP contribution is -2.44. The van der Waals surface area contributed by atoms with Crippen LogP contribution in [0.3, 0.4) is 0 Å². The molecule has 0 radical (unpaired) electrons. The number of esters is 1. The largest absolute Gasteiger partial charge is 0.448 e. The van der Waals surface area contributed by atoms with E-state index < -0.39 is 18.0 Å². The Morgan fingerprint density at radius 3 is 2.64 bits per heavy atom. The van der Waals surface area contributed by atoms with Gasteiger partial charge in [-0.2, -0.15) is 0 Å². The first-order valence-electron chi connectivity index (χ1n) is 7.65. The van der Waals surface area contributed by atoms with E-state index in [-0.39, 0.29) is 12.5 Å². The van der Waals surface area contributed by atoms with E-state index in [0.29, 0.717) is 17.7 Å². The molecule has 0 fully saturated rings. The number of halogens is 1. The summed E-state index contributed by atoms with van der Waals surface area (Å²) in [5.74, 6) is -1.40. The maximum absolute atomic E-state index is 12.2. The molecule has 6 nitrogen and oxygen atoms in total. The number of para-hydroxylation sites is 1. The van der Waals surface area contributed by atoms with Crippen molar-refractivity contribution in [3.05, 3.63) is 64.1 Å². The summed E-state index contributed by atoms with van der Waals surface area (Å²) in [4.78, 5) is 36.1. The Kier molecular flexibility index (Phi) is 5.14. The minimum absolute atomic E-state index is 0.212. The van der Waals surface area contributed by atoms with Gasteiger partial charge in [0.15, 0.2) is 6.10 Å². The minimum atomic E-state index is -0.932. The molecule has 0 spiro atoms. The van der Waals surface area contributed by atoms with E-state index in [1.54, 1.807) is 42.5 Å². The highest BCUT2D eigenvalue weighted by Gasteiger charge is 2.31. The van der Waals surface area contributed by atoms with Gasteiger partial charge in [-0.15, -0.1) is 0 Å². The molecule has 25 heavy (non-hydrogen) atoms. The smallest absolute Gasteiger partial charge is 0.339 e. The molecule has 1 aliphatic rings. The molecule has 0 aliphatic carbocycles. The van der Waals surface area contributed by atoms with Crippen LogP contribution >= 0.6 is 15.9 Å². The van der Waals surface area contributed by atoms with Gasteiger partial charge in [-0.05, 0) is 39.7 Å². The fraction of sp³-hybridized carbons (Fsp3) is 0.167. The fourth-order valence-corrected chi connectivity index (χ4v) is 2.90. The van der Waals surface area contributed by atoms with Crippen molar-refractivity contribution in [2.75, 3.05) is 11.9 Å². The molecule has 2 N–H and O–H groups in total. The summed E-state index contributed by atoms with van der Waals surface area (Å²) >= 11 is 3.33. The zero-order valence-electron chi connectivity index (χ0n) is 13.1. The fourth-order valence-electron chi connectivity index (χ4n) is 2.52. The number of carbonyl (C=O) groups is 3. The van der Waals surface area contributed by atoms with Crippen LogP contribution in [0.15, 0.2) is 53.0 Å². The quantitative estimate of drug-likeness (QED) is 0.768. The number of ether oxygens (including phenoxy) is 1. The number of rotatable bonds is 4. The van der Waals surface area contributed by atoms with E-state index in [1.165, 1.54) is 0 Å². The maximum Gasteiger partial charge on any atom is 0.339 e. The van der Waals surface area contributed by atoms with Crippen LogP contribution in [-0.2, 0) is 20.7 Å². The molecule has 3 rings (SSSR count). The third-order valence-electron chi connectivity index (χ3n) is 3.76. The normalized spacial score (nSPS) is 15.7. The highest BCUT2D eigenvalue weighted by molar-refractivity contribution is 9.10. The molecule has 2 amide bonds. The van der Waals surface area contributed by atoms with E-state index in [2.05, 4.69) is 26.6 Å². The average molecular weight is 403 g/mol. The highest BCUT2D eigenvalue weighted by atomic mass is 79.9. The number of anilines is 1. The number of carbonyl (C=O) groups excluding carboxylic acids is 3. The number of fused-ring (bicyclic) bond motifs is 1. The van der Waals surface area contributed by atoms with E-state index in [4.69, 9.17) is 4.74 Å². The van der Waals surface area contributed by atoms with Gasteiger partial charge >= 0.3 is 5.97 Å². The zero-order valence-corrected chi connectivity index (χ0v) is 14.7. The Labute approximate surface area is 152 Å². The zero-order chi connectivity index (χ0) is 17.8. The molecule has 0 saturated carbocycles. The molecular weight excluding hydrogens is 388 g/mol. The monoisotopic (exact) mass is 402 g/mol. The van der Waals surface area contributed by atoms with Gasteiger partial charge in [0.2, 0.25) is 5.91 Å². The number of nitrogens with one attached hydrogen (secondary N) is 2. The maximum atomic E-state index is 12.2. The molecule has 0 aromatic heterocycles. The second kappa shape index (κ2) is 7.48. The van der Waals surface area contributed by atoms with Crippen molar-refractivity contribution in [3.63, 3.8) is 0 Å². The highest BCUT2D eigenvalue weighted by Crippen LogP contribution is 2.21. The van der Waals surface area contributed by atoms with Crippen LogP contribution in [-0.4, -0.2) is 30.4 Å². The molecule has 0 saturated heterocycles. The Balaban J connectivity index is 1.56.